The van der Waals surface area contributed by atoms with Crippen LogP contribution < -0.4 is 66.7 Å². The smallest absolute Gasteiger partial charge is 0.549 e. The molecule has 0 saturated carbocycles. The van der Waals surface area contributed by atoms with Gasteiger partial charge in [0.2, 0.25) is 5.91 Å². The molecule has 0 bridgehead atoms. The SMILES string of the molecule is CN(C)c1ccc2c(c1)NC(=O)C(C(=O)[O-])C2.[K+]. The van der Waals surface area contributed by atoms with Crippen LogP contribution in [0.4, 0.5) is 11.4 Å². The van der Waals surface area contributed by atoms with Crippen LogP contribution in [0, 0.1) is 5.92 Å². The maximum absolute atomic E-state index is 11.5. The minimum absolute atomic E-state index is 0. The number of carboxylic acid groups (broad SMARTS) is 1. The fourth-order valence-electron chi connectivity index (χ4n) is 1.86. The predicted molar refractivity (Wildman–Crippen MR) is 61.6 cm³/mol. The minimum Gasteiger partial charge on any atom is -0.549 e. The van der Waals surface area contributed by atoms with Crippen molar-refractivity contribution in [2.45, 2.75) is 6.42 Å². The van der Waals surface area contributed by atoms with Gasteiger partial charge in [-0.25, -0.2) is 0 Å². The first-order valence-corrected chi connectivity index (χ1v) is 5.31. The van der Waals surface area contributed by atoms with Crippen molar-refractivity contribution in [1.82, 2.24) is 0 Å². The van der Waals surface area contributed by atoms with Gasteiger partial charge in [-0.05, 0) is 24.1 Å². The third-order valence-corrected chi connectivity index (χ3v) is 2.89. The Morgan fingerprint density at radius 1 is 1.44 bits per heavy atom. The van der Waals surface area contributed by atoms with Crippen LogP contribution in [0.15, 0.2) is 18.2 Å². The number of nitrogens with zero attached hydrogens (tertiary/aromatic N) is 1. The van der Waals surface area contributed by atoms with E-state index in [1.165, 1.54) is 0 Å². The summed E-state index contributed by atoms with van der Waals surface area (Å²) in [5.74, 6) is -2.93. The standard InChI is InChI=1S/C12H14N2O3.K/c1-14(2)8-4-3-7-5-9(12(16)17)11(15)13-10(7)6-8;/h3-4,6,9H,5H2,1-2H3,(H,13,15)(H,16,17);/q;+1/p-1. The van der Waals surface area contributed by atoms with Crippen LogP contribution in [-0.2, 0) is 16.0 Å². The van der Waals surface area contributed by atoms with E-state index in [-0.39, 0.29) is 57.8 Å². The molecule has 1 heterocycles. The van der Waals surface area contributed by atoms with Gasteiger partial charge < -0.3 is 20.1 Å². The van der Waals surface area contributed by atoms with E-state index in [0.29, 0.717) is 5.69 Å². The van der Waals surface area contributed by atoms with Crippen molar-refractivity contribution < 1.29 is 66.1 Å². The molecule has 0 radical (unpaired) electrons. The van der Waals surface area contributed by atoms with Crippen LogP contribution >= 0.6 is 0 Å². The van der Waals surface area contributed by atoms with Gasteiger partial charge in [-0.15, -0.1) is 0 Å². The normalized spacial score (nSPS) is 17.2. The van der Waals surface area contributed by atoms with Crippen LogP contribution in [0.5, 0.6) is 0 Å². The Bertz CT molecular complexity index is 488. The number of carboxylic acids is 1. The fourth-order valence-corrected chi connectivity index (χ4v) is 1.86. The van der Waals surface area contributed by atoms with Crippen molar-refractivity contribution in [1.29, 1.82) is 0 Å². The Balaban J connectivity index is 0.00000162. The van der Waals surface area contributed by atoms with Gasteiger partial charge >= 0.3 is 51.4 Å². The molecular weight excluding hydrogens is 259 g/mol. The number of carbonyl (C=O) groups excluding carboxylic acids is 2. The molecule has 90 valence electrons. The number of amides is 1. The average Bonchev–Trinajstić information content (AvgIpc) is 2.26. The Kier molecular flexibility index (Phi) is 5.36. The summed E-state index contributed by atoms with van der Waals surface area (Å²) in [4.78, 5) is 24.2. The number of anilines is 2. The number of aliphatic carboxylic acids is 1. The van der Waals surface area contributed by atoms with Gasteiger partial charge in [-0.1, -0.05) is 6.07 Å². The second-order valence-electron chi connectivity index (χ2n) is 4.30. The number of benzene rings is 1. The summed E-state index contributed by atoms with van der Waals surface area (Å²) in [5, 5.41) is 13.4. The second kappa shape index (κ2) is 6.16. The average molecular weight is 272 g/mol. The first-order valence-electron chi connectivity index (χ1n) is 5.31. The quantitative estimate of drug-likeness (QED) is 0.450. The monoisotopic (exact) mass is 272 g/mol. The molecule has 1 unspecified atom stereocenters. The van der Waals surface area contributed by atoms with Crippen molar-refractivity contribution in [2.24, 2.45) is 5.92 Å². The molecule has 1 aromatic carbocycles. The molecule has 0 spiro atoms. The number of fused-ring (bicyclic) bond motifs is 1. The minimum atomic E-state index is -1.33. The van der Waals surface area contributed by atoms with Crippen LogP contribution in [-0.4, -0.2) is 26.0 Å². The summed E-state index contributed by atoms with van der Waals surface area (Å²) in [6.07, 6.45) is 0.192. The summed E-state index contributed by atoms with van der Waals surface area (Å²) in [6.45, 7) is 0. The van der Waals surface area contributed by atoms with E-state index in [0.717, 1.165) is 11.3 Å². The zero-order valence-corrected chi connectivity index (χ0v) is 13.8. The van der Waals surface area contributed by atoms with E-state index in [9.17, 15) is 14.7 Å². The molecule has 0 saturated heterocycles. The van der Waals surface area contributed by atoms with Crippen LogP contribution in [0.2, 0.25) is 0 Å². The van der Waals surface area contributed by atoms with E-state index in [1.807, 2.05) is 37.2 Å². The second-order valence-corrected chi connectivity index (χ2v) is 4.30. The molecule has 1 aromatic rings. The maximum Gasteiger partial charge on any atom is 1.00 e. The third-order valence-electron chi connectivity index (χ3n) is 2.89. The van der Waals surface area contributed by atoms with Crippen LogP contribution in [0.3, 0.4) is 0 Å². The molecule has 0 aromatic heterocycles. The van der Waals surface area contributed by atoms with Crippen LogP contribution in [0.25, 0.3) is 0 Å². The van der Waals surface area contributed by atoms with E-state index in [4.69, 9.17) is 0 Å². The Hall–Kier alpha value is -0.404. The van der Waals surface area contributed by atoms with Crippen LogP contribution in [0.1, 0.15) is 5.56 Å². The van der Waals surface area contributed by atoms with Gasteiger partial charge in [0.25, 0.3) is 0 Å². The van der Waals surface area contributed by atoms with Gasteiger partial charge in [0, 0.05) is 25.5 Å². The zero-order chi connectivity index (χ0) is 12.6. The van der Waals surface area contributed by atoms with Gasteiger partial charge in [0.15, 0.2) is 0 Å². The molecule has 0 aliphatic carbocycles. The van der Waals surface area contributed by atoms with E-state index >= 15 is 0 Å². The van der Waals surface area contributed by atoms with E-state index in [1.54, 1.807) is 0 Å². The molecular formula is C12H13KN2O3. The summed E-state index contributed by atoms with van der Waals surface area (Å²) in [6, 6.07) is 5.56. The third kappa shape index (κ3) is 3.13. The van der Waals surface area contributed by atoms with Crippen molar-refractivity contribution in [3.63, 3.8) is 0 Å². The maximum atomic E-state index is 11.5. The summed E-state index contributed by atoms with van der Waals surface area (Å²) in [5.41, 5.74) is 2.46. The first-order chi connectivity index (χ1) is 7.99. The fraction of sp³-hybridized carbons (Fsp3) is 0.333. The van der Waals surface area contributed by atoms with E-state index in [2.05, 4.69) is 5.32 Å². The molecule has 1 atom stereocenters. The number of rotatable bonds is 2. The summed E-state index contributed by atoms with van der Waals surface area (Å²) in [7, 11) is 3.80. The predicted octanol–water partition coefficient (Wildman–Crippen LogP) is -3.38. The Labute approximate surface area is 148 Å². The number of hydrogen-bond acceptors (Lipinski definition) is 4. The molecule has 18 heavy (non-hydrogen) atoms. The zero-order valence-electron chi connectivity index (χ0n) is 10.7. The summed E-state index contributed by atoms with van der Waals surface area (Å²) >= 11 is 0. The van der Waals surface area contributed by atoms with Gasteiger partial charge in [-0.3, -0.25) is 4.79 Å². The topological polar surface area (TPSA) is 72.5 Å². The molecule has 1 amide bonds. The molecule has 0 fully saturated rings. The molecule has 5 nitrogen and oxygen atoms in total. The largest absolute Gasteiger partial charge is 1.00 e. The van der Waals surface area contributed by atoms with Crippen molar-refractivity contribution >= 4 is 23.3 Å². The molecule has 1 aliphatic rings. The molecule has 1 aliphatic heterocycles. The molecule has 1 N–H and O–H groups in total. The molecule has 2 rings (SSSR count). The van der Waals surface area contributed by atoms with Gasteiger partial charge in [0.1, 0.15) is 0 Å². The number of carbonyl (C=O) groups is 2. The van der Waals surface area contributed by atoms with Crippen molar-refractivity contribution in [3.8, 4) is 0 Å². The first kappa shape index (κ1) is 15.7. The van der Waals surface area contributed by atoms with Gasteiger partial charge in [-0.2, -0.15) is 0 Å². The van der Waals surface area contributed by atoms with Crippen molar-refractivity contribution in [2.75, 3.05) is 24.3 Å². The van der Waals surface area contributed by atoms with Crippen molar-refractivity contribution in [3.05, 3.63) is 23.8 Å². The Morgan fingerprint density at radius 2 is 2.11 bits per heavy atom. The number of hydrogen-bond donors (Lipinski definition) is 1. The Morgan fingerprint density at radius 3 is 2.67 bits per heavy atom. The summed E-state index contributed by atoms with van der Waals surface area (Å²) < 4.78 is 0. The molecule has 6 heteroatoms. The van der Waals surface area contributed by atoms with Gasteiger partial charge in [0.05, 0.1) is 11.9 Å². The number of nitrogens with one attached hydrogen (secondary N) is 1. The van der Waals surface area contributed by atoms with E-state index < -0.39 is 17.8 Å².